The highest BCUT2D eigenvalue weighted by molar-refractivity contribution is 8.00. The van der Waals surface area contributed by atoms with Crippen LogP contribution in [0.25, 0.3) is 0 Å². The number of rotatable bonds is 25. The van der Waals surface area contributed by atoms with E-state index in [2.05, 4.69) is 68.5 Å². The number of fused-ring (bicyclic) bond motifs is 6. The second-order valence-electron chi connectivity index (χ2n) is 23.0. The monoisotopic (exact) mass is 1310 g/mol. The van der Waals surface area contributed by atoms with Crippen molar-refractivity contribution in [2.24, 2.45) is 22.2 Å². The van der Waals surface area contributed by atoms with Crippen LogP contribution in [0.2, 0.25) is 0 Å². The molecule has 9 atom stereocenters. The van der Waals surface area contributed by atoms with E-state index in [1.807, 2.05) is 11.8 Å². The van der Waals surface area contributed by atoms with Gasteiger partial charge in [0.05, 0.1) is 62.9 Å². The topological polar surface area (TPSA) is 487 Å². The van der Waals surface area contributed by atoms with E-state index in [4.69, 9.17) is 36.8 Å². The van der Waals surface area contributed by atoms with Gasteiger partial charge in [0.2, 0.25) is 47.3 Å². The molecule has 4 bridgehead atoms. The fourth-order valence-electron chi connectivity index (χ4n) is 10.8. The van der Waals surface area contributed by atoms with Crippen LogP contribution in [0.3, 0.4) is 0 Å². The van der Waals surface area contributed by atoms with Gasteiger partial charge in [-0.1, -0.05) is 23.8 Å². The number of thioether (sulfide) groups is 1. The normalized spacial score (nSPS) is 23.9. The summed E-state index contributed by atoms with van der Waals surface area (Å²) in [5.41, 5.74) is 18.4. The number of unbranched alkanes of at least 4 members (excludes halogenated alkanes) is 1. The van der Waals surface area contributed by atoms with Crippen molar-refractivity contribution in [1.82, 2.24) is 73.1 Å². The van der Waals surface area contributed by atoms with Crippen LogP contribution in [0.4, 0.5) is 10.5 Å². The molecule has 3 saturated heterocycles. The molecule has 3 fully saturated rings. The summed E-state index contributed by atoms with van der Waals surface area (Å²) in [5, 5.41) is 54.1. The zero-order chi connectivity index (χ0) is 66.4. The van der Waals surface area contributed by atoms with E-state index >= 15 is 0 Å². The van der Waals surface area contributed by atoms with Crippen molar-refractivity contribution in [3.63, 3.8) is 0 Å². The van der Waals surface area contributed by atoms with Gasteiger partial charge in [-0.15, -0.1) is 5.10 Å². The van der Waals surface area contributed by atoms with E-state index in [9.17, 15) is 53.1 Å². The van der Waals surface area contributed by atoms with Gasteiger partial charge < -0.3 is 94.6 Å². The molecule has 10 amide bonds. The molecule has 5 heterocycles. The molecule has 34 heteroatoms. The van der Waals surface area contributed by atoms with Crippen molar-refractivity contribution in [3.05, 3.63) is 41.7 Å². The molecule has 508 valence electrons. The van der Waals surface area contributed by atoms with Gasteiger partial charge in [0, 0.05) is 88.3 Å². The quantitative estimate of drug-likeness (QED) is 0.0205. The first-order chi connectivity index (χ1) is 44.2. The molecular formula is C58H91N19O14S. The number of carboxylic acid groups (broad SMARTS) is 1. The number of hydrogen-bond acceptors (Lipinski definition) is 18. The van der Waals surface area contributed by atoms with Gasteiger partial charge in [0.1, 0.15) is 30.2 Å². The Morgan fingerprint density at radius 1 is 0.739 bits per heavy atom. The van der Waals surface area contributed by atoms with Gasteiger partial charge in [0.25, 0.3) is 0 Å². The van der Waals surface area contributed by atoms with Crippen LogP contribution >= 0.6 is 11.8 Å². The van der Waals surface area contributed by atoms with E-state index in [1.165, 1.54) is 0 Å². The highest BCUT2D eigenvalue weighted by Crippen LogP contribution is 2.33. The summed E-state index contributed by atoms with van der Waals surface area (Å²) in [4.78, 5) is 139. The lowest BCUT2D eigenvalue weighted by molar-refractivity contribution is -0.141. The Morgan fingerprint density at radius 2 is 1.45 bits per heavy atom. The Morgan fingerprint density at radius 3 is 2.15 bits per heavy atom. The number of aliphatic imine (C=N–C) groups is 1. The van der Waals surface area contributed by atoms with Gasteiger partial charge >= 0.3 is 12.0 Å². The smallest absolute Gasteiger partial charge is 0.315 e. The third-order valence-corrected chi connectivity index (χ3v) is 17.2. The first kappa shape index (κ1) is 72.7. The van der Waals surface area contributed by atoms with Gasteiger partial charge in [-0.2, -0.15) is 11.8 Å². The number of carboxylic acids is 1. The molecule has 18 N–H and O–H groups in total. The number of nitrogens with one attached hydrogen (secondary N) is 11. The lowest BCUT2D eigenvalue weighted by Crippen LogP contribution is -2.59. The molecule has 0 aliphatic carbocycles. The summed E-state index contributed by atoms with van der Waals surface area (Å²) in [6.07, 6.45) is 5.93. The number of benzene rings is 1. The number of nitrogens with two attached hydrogens (primary N) is 3. The second kappa shape index (κ2) is 38.5. The van der Waals surface area contributed by atoms with Crippen molar-refractivity contribution >= 4 is 88.6 Å². The van der Waals surface area contributed by atoms with E-state index in [0.29, 0.717) is 93.8 Å². The average Bonchev–Trinajstić information content (AvgIpc) is 1.71. The maximum atomic E-state index is 14.5. The van der Waals surface area contributed by atoms with E-state index in [-0.39, 0.29) is 107 Å². The number of nitrogens with zero attached hydrogens (tertiary/aromatic N) is 5. The zero-order valence-electron chi connectivity index (χ0n) is 52.0. The average molecular weight is 1310 g/mol. The molecule has 0 saturated carbocycles. The Labute approximate surface area is 537 Å². The number of aromatic nitrogens is 3. The number of urea groups is 1. The van der Waals surface area contributed by atoms with Gasteiger partial charge in [-0.25, -0.2) is 9.79 Å². The standard InChI is InChI=1S/C58H91N19O14S/c1-35-29-41-53(85)70-40(10-6-22-77(35)57(61)62)52(84)65-32-48(80)68-43(31-49(81)82)55(87)71-42(30-36-13-15-37(16-14-36)66-56(59)60)54(86)69-39(9-4-5-21-76-33-38(74-75-76)17-18-47(79)67-41)51(83)64-20-8-24-90-26-28-91-27-25-89-23-7-19-63-46(78)12-3-2-11-45-50-44(34-92-45)72-58(88)73-50/h13-16,33,35,39-45,50H,2-12,17-32,34H2,1H3,(H3,61,62)(H,63,78)(H,64,83)(H,65,84)(H,67,79)(H,68,80)(H,69,86)(H,70,85)(H,71,87)(H,81,82)(H4,59,60,66)(H2,72,73,88)/t35?,39-,40-,41-,42-,43-,44+,45+,50+/m0/s1. The van der Waals surface area contributed by atoms with Crippen molar-refractivity contribution in [1.29, 1.82) is 5.41 Å². The van der Waals surface area contributed by atoms with Gasteiger partial charge in [0.15, 0.2) is 11.9 Å². The molecule has 0 spiro atoms. The summed E-state index contributed by atoms with van der Waals surface area (Å²) >= 11 is 1.87. The Balaban J connectivity index is 1.02. The number of amides is 10. The SMILES string of the molecule is CC1C[C@@H]2NC(=O)CCc3cn(nn3)CCCC[C@@H](C(=O)NCCCOCCOCCOCCCNC(=O)CCCC[C@H]3SC[C@H]4NC(=O)N[C@H]43)NC(=O)[C@H](Cc3ccc(N=C(N)N)cc3)NC(=O)[C@H](CC(=O)O)NC(=O)CNC(=O)[C@H](CCCN1C(=N)N)NC2=O. The third kappa shape index (κ3) is 25.7. The van der Waals surface area contributed by atoms with Crippen LogP contribution in [0, 0.1) is 5.41 Å². The number of hydrogen-bond donors (Lipinski definition) is 15. The van der Waals surface area contributed by atoms with Crippen LogP contribution in [0.5, 0.6) is 0 Å². The van der Waals surface area contributed by atoms with Crippen LogP contribution in [-0.4, -0.2) is 221 Å². The number of carbonyl (C=O) groups is 10. The van der Waals surface area contributed by atoms with Crippen molar-refractivity contribution in [2.75, 3.05) is 71.6 Å². The van der Waals surface area contributed by atoms with Crippen molar-refractivity contribution < 1.29 is 67.3 Å². The first-order valence-corrected chi connectivity index (χ1v) is 32.4. The fourth-order valence-corrected chi connectivity index (χ4v) is 12.4. The molecule has 4 aliphatic heterocycles. The molecule has 33 nitrogen and oxygen atoms in total. The third-order valence-electron chi connectivity index (χ3n) is 15.7. The molecule has 6 rings (SSSR count). The number of guanidine groups is 2. The summed E-state index contributed by atoms with van der Waals surface area (Å²) in [5.74, 6) is -6.56. The predicted octanol–water partition coefficient (Wildman–Crippen LogP) is -2.89. The number of aryl methyl sites for hydroxylation is 2. The Hall–Kier alpha value is -8.37. The van der Waals surface area contributed by atoms with Crippen LogP contribution < -0.4 is 70.4 Å². The van der Waals surface area contributed by atoms with Crippen LogP contribution in [0.1, 0.15) is 108 Å². The van der Waals surface area contributed by atoms with Crippen molar-refractivity contribution in [3.8, 4) is 0 Å². The van der Waals surface area contributed by atoms with Gasteiger partial charge in [-0.05, 0) is 88.8 Å². The minimum atomic E-state index is -1.79. The lowest BCUT2D eigenvalue weighted by Gasteiger charge is -2.34. The largest absolute Gasteiger partial charge is 0.481 e. The Bertz CT molecular complexity index is 2850. The molecule has 2 aromatic rings. The van der Waals surface area contributed by atoms with Crippen LogP contribution in [-0.2, 0) is 76.7 Å². The lowest BCUT2D eigenvalue weighted by atomic mass is 10.0. The first-order valence-electron chi connectivity index (χ1n) is 31.3. The molecule has 1 unspecified atom stereocenters. The maximum absolute atomic E-state index is 14.5. The van der Waals surface area contributed by atoms with Crippen molar-refractivity contribution in [2.45, 2.75) is 170 Å². The minimum absolute atomic E-state index is 0.00614. The van der Waals surface area contributed by atoms with Crippen LogP contribution in [0.15, 0.2) is 35.5 Å². The summed E-state index contributed by atoms with van der Waals surface area (Å²) in [6, 6.07) is -0.767. The number of ether oxygens (including phenoxy) is 3. The molecule has 4 aliphatic rings. The Kier molecular flexibility index (Phi) is 30.4. The molecule has 92 heavy (non-hydrogen) atoms. The summed E-state index contributed by atoms with van der Waals surface area (Å²) < 4.78 is 18.5. The zero-order valence-corrected chi connectivity index (χ0v) is 52.8. The minimum Gasteiger partial charge on any atom is -0.481 e. The molecule has 1 aromatic carbocycles. The second-order valence-corrected chi connectivity index (χ2v) is 24.2. The summed E-state index contributed by atoms with van der Waals surface area (Å²) in [6.45, 7) is 4.16. The molecule has 0 radical (unpaired) electrons. The van der Waals surface area contributed by atoms with Gasteiger partial charge in [-0.3, -0.25) is 53.2 Å². The summed E-state index contributed by atoms with van der Waals surface area (Å²) in [7, 11) is 0. The highest BCUT2D eigenvalue weighted by atomic mass is 32.2. The highest BCUT2D eigenvalue weighted by Gasteiger charge is 2.43. The van der Waals surface area contributed by atoms with E-state index in [1.54, 1.807) is 47.0 Å². The predicted molar refractivity (Wildman–Crippen MR) is 336 cm³/mol. The van der Waals surface area contributed by atoms with E-state index in [0.717, 1.165) is 25.0 Å². The number of carbonyl (C=O) groups excluding carboxylic acids is 9. The number of aliphatic carboxylic acids is 1. The molecule has 1 aromatic heterocycles. The maximum Gasteiger partial charge on any atom is 0.315 e. The van der Waals surface area contributed by atoms with E-state index < -0.39 is 96.5 Å². The fraction of sp³-hybridized carbons (Fsp3) is 0.655. The molecular weight excluding hydrogens is 1220 g/mol.